The molecule has 0 saturated heterocycles. The second kappa shape index (κ2) is 8.48. The number of furan rings is 1. The average Bonchev–Trinajstić information content (AvgIpc) is 2.88. The van der Waals surface area contributed by atoms with Gasteiger partial charge < -0.3 is 10.2 Å². The highest BCUT2D eigenvalue weighted by Gasteiger charge is 2.23. The number of hydrogen-bond acceptors (Lipinski definition) is 3. The smallest absolute Gasteiger partial charge is 0.117 e. The molecule has 0 aliphatic rings. The van der Waals surface area contributed by atoms with Gasteiger partial charge in [-0.05, 0) is 62.4 Å². The number of nitrogens with two attached hydrogens (primary N) is 1. The molecule has 0 radical (unpaired) electrons. The molecule has 0 bridgehead atoms. The third kappa shape index (κ3) is 6.10. The first-order valence-corrected chi connectivity index (χ1v) is 7.92. The lowest BCUT2D eigenvalue weighted by Gasteiger charge is -2.31. The van der Waals surface area contributed by atoms with Crippen molar-refractivity contribution < 1.29 is 4.42 Å². The Balaban J connectivity index is 2.36. The molecule has 1 heterocycles. The molecule has 0 aliphatic carbocycles. The van der Waals surface area contributed by atoms with Crippen LogP contribution in [0.15, 0.2) is 22.8 Å². The molecule has 3 heteroatoms. The molecular formula is C17H32N2O. The standard InChI is InChI=1S/C17H32N2O/c1-5-19(14-16-9-7-13-20-16)12-6-8-15(10-11-18)17(2,3)4/h7,9,13,15H,5-6,8,10-12,14,18H2,1-4H3. The van der Waals surface area contributed by atoms with Crippen molar-refractivity contribution in [3.63, 3.8) is 0 Å². The summed E-state index contributed by atoms with van der Waals surface area (Å²) in [6, 6.07) is 4.01. The van der Waals surface area contributed by atoms with Crippen LogP contribution in [0.5, 0.6) is 0 Å². The summed E-state index contributed by atoms with van der Waals surface area (Å²) in [5.41, 5.74) is 6.11. The van der Waals surface area contributed by atoms with Crippen LogP contribution in [0.1, 0.15) is 52.7 Å². The van der Waals surface area contributed by atoms with Gasteiger partial charge >= 0.3 is 0 Å². The van der Waals surface area contributed by atoms with Crippen molar-refractivity contribution >= 4 is 0 Å². The van der Waals surface area contributed by atoms with E-state index >= 15 is 0 Å². The summed E-state index contributed by atoms with van der Waals surface area (Å²) in [5.74, 6) is 1.77. The quantitative estimate of drug-likeness (QED) is 0.746. The van der Waals surface area contributed by atoms with Gasteiger partial charge in [0.2, 0.25) is 0 Å². The highest BCUT2D eigenvalue weighted by atomic mass is 16.3. The maximum absolute atomic E-state index is 5.75. The zero-order valence-corrected chi connectivity index (χ0v) is 13.7. The van der Waals surface area contributed by atoms with E-state index in [9.17, 15) is 0 Å². The first kappa shape index (κ1) is 17.3. The summed E-state index contributed by atoms with van der Waals surface area (Å²) in [5, 5.41) is 0. The van der Waals surface area contributed by atoms with E-state index in [-0.39, 0.29) is 0 Å². The van der Waals surface area contributed by atoms with Gasteiger partial charge in [-0.1, -0.05) is 27.7 Å². The van der Waals surface area contributed by atoms with Crippen LogP contribution in [0.3, 0.4) is 0 Å². The molecule has 116 valence electrons. The first-order chi connectivity index (χ1) is 9.47. The molecule has 2 N–H and O–H groups in total. The lowest BCUT2D eigenvalue weighted by molar-refractivity contribution is 0.190. The fourth-order valence-corrected chi connectivity index (χ4v) is 2.74. The zero-order valence-electron chi connectivity index (χ0n) is 13.7. The Morgan fingerprint density at radius 3 is 2.55 bits per heavy atom. The van der Waals surface area contributed by atoms with E-state index < -0.39 is 0 Å². The van der Waals surface area contributed by atoms with Crippen molar-refractivity contribution in [3.05, 3.63) is 24.2 Å². The fraction of sp³-hybridized carbons (Fsp3) is 0.765. The Labute approximate surface area is 124 Å². The molecule has 1 aromatic heterocycles. The van der Waals surface area contributed by atoms with Gasteiger partial charge in [0.15, 0.2) is 0 Å². The minimum atomic E-state index is 0.359. The van der Waals surface area contributed by atoms with Crippen LogP contribution in [0.2, 0.25) is 0 Å². The number of hydrogen-bond donors (Lipinski definition) is 1. The predicted octanol–water partition coefficient (Wildman–Crippen LogP) is 3.89. The summed E-state index contributed by atoms with van der Waals surface area (Å²) in [6.07, 6.45) is 5.37. The minimum absolute atomic E-state index is 0.359. The lowest BCUT2D eigenvalue weighted by Crippen LogP contribution is -2.27. The van der Waals surface area contributed by atoms with Crippen LogP contribution in [-0.4, -0.2) is 24.5 Å². The minimum Gasteiger partial charge on any atom is -0.468 e. The van der Waals surface area contributed by atoms with E-state index in [1.807, 2.05) is 6.07 Å². The molecule has 0 spiro atoms. The SMILES string of the molecule is CCN(CCCC(CCN)C(C)(C)C)Cc1ccco1. The third-order valence-electron chi connectivity index (χ3n) is 4.17. The monoisotopic (exact) mass is 280 g/mol. The van der Waals surface area contributed by atoms with Crippen molar-refractivity contribution in [1.82, 2.24) is 4.90 Å². The molecule has 1 atom stereocenters. The molecule has 0 fully saturated rings. The van der Waals surface area contributed by atoms with Gasteiger partial charge in [0, 0.05) is 0 Å². The fourth-order valence-electron chi connectivity index (χ4n) is 2.74. The van der Waals surface area contributed by atoms with Crippen LogP contribution in [0, 0.1) is 11.3 Å². The molecule has 0 amide bonds. The Hall–Kier alpha value is -0.800. The van der Waals surface area contributed by atoms with E-state index in [0.29, 0.717) is 5.41 Å². The maximum atomic E-state index is 5.75. The van der Waals surface area contributed by atoms with Crippen molar-refractivity contribution in [2.24, 2.45) is 17.1 Å². The lowest BCUT2D eigenvalue weighted by atomic mass is 9.76. The van der Waals surface area contributed by atoms with Gasteiger partial charge in [0.1, 0.15) is 5.76 Å². The summed E-state index contributed by atoms with van der Waals surface area (Å²) in [7, 11) is 0. The van der Waals surface area contributed by atoms with Crippen molar-refractivity contribution in [2.45, 2.75) is 53.5 Å². The van der Waals surface area contributed by atoms with E-state index in [0.717, 1.165) is 44.3 Å². The second-order valence-corrected chi connectivity index (χ2v) is 6.73. The topological polar surface area (TPSA) is 42.4 Å². The Morgan fingerprint density at radius 1 is 1.30 bits per heavy atom. The highest BCUT2D eigenvalue weighted by Crippen LogP contribution is 2.32. The Kier molecular flexibility index (Phi) is 7.31. The largest absolute Gasteiger partial charge is 0.468 e. The third-order valence-corrected chi connectivity index (χ3v) is 4.17. The van der Waals surface area contributed by atoms with Crippen LogP contribution in [0.4, 0.5) is 0 Å². The predicted molar refractivity (Wildman–Crippen MR) is 85.5 cm³/mol. The summed E-state index contributed by atoms with van der Waals surface area (Å²) < 4.78 is 5.43. The van der Waals surface area contributed by atoms with Gasteiger partial charge in [-0.15, -0.1) is 0 Å². The van der Waals surface area contributed by atoms with E-state index in [2.05, 4.69) is 38.7 Å². The summed E-state index contributed by atoms with van der Waals surface area (Å²) in [6.45, 7) is 13.1. The Bertz CT molecular complexity index is 340. The Morgan fingerprint density at radius 2 is 2.05 bits per heavy atom. The van der Waals surface area contributed by atoms with Gasteiger partial charge in [-0.3, -0.25) is 4.90 Å². The average molecular weight is 280 g/mol. The second-order valence-electron chi connectivity index (χ2n) is 6.73. The molecule has 1 aromatic rings. The molecule has 1 rings (SSSR count). The zero-order chi connectivity index (χ0) is 15.0. The molecular weight excluding hydrogens is 248 g/mol. The normalized spacial score (nSPS) is 13.9. The van der Waals surface area contributed by atoms with Crippen molar-refractivity contribution in [1.29, 1.82) is 0 Å². The van der Waals surface area contributed by atoms with E-state index in [4.69, 9.17) is 10.2 Å². The maximum Gasteiger partial charge on any atom is 0.117 e. The van der Waals surface area contributed by atoms with Gasteiger partial charge in [0.05, 0.1) is 12.8 Å². The van der Waals surface area contributed by atoms with Gasteiger partial charge in [-0.2, -0.15) is 0 Å². The molecule has 20 heavy (non-hydrogen) atoms. The van der Waals surface area contributed by atoms with Crippen LogP contribution in [-0.2, 0) is 6.54 Å². The van der Waals surface area contributed by atoms with Crippen molar-refractivity contribution in [2.75, 3.05) is 19.6 Å². The summed E-state index contributed by atoms with van der Waals surface area (Å²) >= 11 is 0. The summed E-state index contributed by atoms with van der Waals surface area (Å²) in [4.78, 5) is 2.45. The van der Waals surface area contributed by atoms with E-state index in [1.54, 1.807) is 6.26 Å². The number of nitrogens with zero attached hydrogens (tertiary/aromatic N) is 1. The van der Waals surface area contributed by atoms with Gasteiger partial charge in [-0.25, -0.2) is 0 Å². The molecule has 0 saturated carbocycles. The molecule has 0 aliphatic heterocycles. The highest BCUT2D eigenvalue weighted by molar-refractivity contribution is 4.97. The number of rotatable bonds is 9. The van der Waals surface area contributed by atoms with Crippen LogP contribution in [0.25, 0.3) is 0 Å². The van der Waals surface area contributed by atoms with Crippen LogP contribution >= 0.6 is 0 Å². The first-order valence-electron chi connectivity index (χ1n) is 7.92. The molecule has 3 nitrogen and oxygen atoms in total. The van der Waals surface area contributed by atoms with Gasteiger partial charge in [0.25, 0.3) is 0 Å². The molecule has 0 aromatic carbocycles. The van der Waals surface area contributed by atoms with E-state index in [1.165, 1.54) is 12.8 Å². The van der Waals surface area contributed by atoms with Crippen LogP contribution < -0.4 is 5.73 Å². The van der Waals surface area contributed by atoms with Crippen molar-refractivity contribution in [3.8, 4) is 0 Å². The molecule has 1 unspecified atom stereocenters.